The molecule has 0 aromatic rings. The molecule has 6 heteroatoms. The maximum absolute atomic E-state index is 11.9. The number of amidine groups is 1. The summed E-state index contributed by atoms with van der Waals surface area (Å²) in [5, 5.41) is 0. The Bertz CT molecular complexity index is 413. The van der Waals surface area contributed by atoms with Crippen molar-refractivity contribution in [3.8, 4) is 0 Å². The molecular weight excluding hydrogens is 198 g/mol. The smallest absolute Gasteiger partial charge is 0.272 e. The monoisotopic (exact) mass is 207 g/mol. The normalized spacial score (nSPS) is 33.3. The third-order valence-electron chi connectivity index (χ3n) is 2.85. The second-order valence-corrected chi connectivity index (χ2v) is 3.79. The summed E-state index contributed by atoms with van der Waals surface area (Å²) in [6.07, 6.45) is 1.61. The van der Waals surface area contributed by atoms with Crippen LogP contribution in [0, 0.1) is 11.8 Å². The molecule has 78 valence electrons. The van der Waals surface area contributed by atoms with Crippen LogP contribution in [-0.2, 0) is 14.4 Å². The number of carbonyl (C=O) groups is 2. The number of hydroxylamine groups is 1. The van der Waals surface area contributed by atoms with Gasteiger partial charge in [-0.05, 0) is 12.8 Å². The van der Waals surface area contributed by atoms with E-state index >= 15 is 0 Å². The van der Waals surface area contributed by atoms with Crippen LogP contribution in [0.1, 0.15) is 12.8 Å². The van der Waals surface area contributed by atoms with Gasteiger partial charge in [0.25, 0.3) is 5.91 Å². The van der Waals surface area contributed by atoms with Crippen molar-refractivity contribution in [2.45, 2.75) is 12.8 Å². The SMILES string of the molecule is O=C1NOC2=NC3=NCCCC3C(=O)C12. The maximum atomic E-state index is 11.9. The van der Waals surface area contributed by atoms with Crippen LogP contribution >= 0.6 is 0 Å². The van der Waals surface area contributed by atoms with E-state index in [0.29, 0.717) is 12.4 Å². The Labute approximate surface area is 85.4 Å². The highest BCUT2D eigenvalue weighted by molar-refractivity contribution is 6.29. The van der Waals surface area contributed by atoms with E-state index in [4.69, 9.17) is 4.84 Å². The van der Waals surface area contributed by atoms with Gasteiger partial charge in [0, 0.05) is 6.54 Å². The van der Waals surface area contributed by atoms with E-state index in [-0.39, 0.29) is 17.6 Å². The topological polar surface area (TPSA) is 80.1 Å². The number of aliphatic imine (C=N–C) groups is 2. The second-order valence-electron chi connectivity index (χ2n) is 3.79. The highest BCUT2D eigenvalue weighted by Gasteiger charge is 2.48. The summed E-state index contributed by atoms with van der Waals surface area (Å²) in [6.45, 7) is 0.696. The second kappa shape index (κ2) is 2.88. The molecule has 3 heterocycles. The number of ketones is 1. The molecule has 0 aromatic carbocycles. The molecule has 2 atom stereocenters. The van der Waals surface area contributed by atoms with Crippen molar-refractivity contribution >= 4 is 23.4 Å². The lowest BCUT2D eigenvalue weighted by Crippen LogP contribution is -2.41. The number of hydrogen-bond acceptors (Lipinski definition) is 5. The molecule has 3 aliphatic heterocycles. The third-order valence-corrected chi connectivity index (χ3v) is 2.85. The number of hydrogen-bond donors (Lipinski definition) is 1. The lowest BCUT2D eigenvalue weighted by Gasteiger charge is -2.24. The molecular formula is C9H9N3O3. The van der Waals surface area contributed by atoms with Crippen LogP contribution in [0.5, 0.6) is 0 Å². The fraction of sp³-hybridized carbons (Fsp3) is 0.556. The molecule has 2 unspecified atom stereocenters. The molecule has 6 nitrogen and oxygen atoms in total. The first-order valence-electron chi connectivity index (χ1n) is 4.91. The standard InChI is InChI=1S/C9H9N3O3/c13-6-4-2-1-3-10-7(4)11-9-5(6)8(14)12-15-9/h4-5H,1-3H2,(H,12,14). The van der Waals surface area contributed by atoms with Crippen LogP contribution in [0.4, 0.5) is 0 Å². The Morgan fingerprint density at radius 3 is 3.13 bits per heavy atom. The van der Waals surface area contributed by atoms with Gasteiger partial charge in [0.05, 0.1) is 5.92 Å². The quantitative estimate of drug-likeness (QED) is 0.541. The highest BCUT2D eigenvalue weighted by atomic mass is 16.7. The van der Waals surface area contributed by atoms with Gasteiger partial charge in [0.1, 0.15) is 5.84 Å². The van der Waals surface area contributed by atoms with Crippen molar-refractivity contribution in [1.82, 2.24) is 5.48 Å². The molecule has 1 amide bonds. The molecule has 15 heavy (non-hydrogen) atoms. The van der Waals surface area contributed by atoms with Crippen LogP contribution in [0.25, 0.3) is 0 Å². The van der Waals surface area contributed by atoms with Gasteiger partial charge in [-0.15, -0.1) is 0 Å². The van der Waals surface area contributed by atoms with E-state index < -0.39 is 11.8 Å². The van der Waals surface area contributed by atoms with E-state index in [1.807, 2.05) is 0 Å². The molecule has 1 saturated heterocycles. The minimum Gasteiger partial charge on any atom is -0.362 e. The van der Waals surface area contributed by atoms with Crippen molar-refractivity contribution in [2.24, 2.45) is 21.8 Å². The average molecular weight is 207 g/mol. The molecule has 0 spiro atoms. The Hall–Kier alpha value is -1.72. The molecule has 0 bridgehead atoms. The van der Waals surface area contributed by atoms with Crippen molar-refractivity contribution in [1.29, 1.82) is 0 Å². The number of Topliss-reactive ketones (excluding diaryl/α,β-unsaturated/α-hetero) is 1. The lowest BCUT2D eigenvalue weighted by molar-refractivity contribution is -0.132. The number of nitrogens with one attached hydrogen (secondary N) is 1. The van der Waals surface area contributed by atoms with Gasteiger partial charge in [-0.25, -0.2) is 0 Å². The predicted molar refractivity (Wildman–Crippen MR) is 50.2 cm³/mol. The fourth-order valence-corrected chi connectivity index (χ4v) is 2.10. The van der Waals surface area contributed by atoms with Gasteiger partial charge < -0.3 is 4.84 Å². The average Bonchev–Trinajstić information content (AvgIpc) is 2.61. The largest absolute Gasteiger partial charge is 0.362 e. The zero-order valence-corrected chi connectivity index (χ0v) is 7.90. The van der Waals surface area contributed by atoms with Crippen LogP contribution in [0.15, 0.2) is 9.98 Å². The van der Waals surface area contributed by atoms with E-state index in [9.17, 15) is 9.59 Å². The van der Waals surface area contributed by atoms with Crippen molar-refractivity contribution < 1.29 is 14.4 Å². The Morgan fingerprint density at radius 2 is 2.27 bits per heavy atom. The van der Waals surface area contributed by atoms with E-state index in [1.54, 1.807) is 0 Å². The highest BCUT2D eigenvalue weighted by Crippen LogP contribution is 2.28. The summed E-state index contributed by atoms with van der Waals surface area (Å²) < 4.78 is 0. The minimum absolute atomic E-state index is 0.131. The number of fused-ring (bicyclic) bond motifs is 2. The van der Waals surface area contributed by atoms with Gasteiger partial charge in [0.2, 0.25) is 5.90 Å². The zero-order chi connectivity index (χ0) is 10.4. The van der Waals surface area contributed by atoms with Crippen LogP contribution in [0.2, 0.25) is 0 Å². The minimum atomic E-state index is -0.841. The Morgan fingerprint density at radius 1 is 1.40 bits per heavy atom. The summed E-state index contributed by atoms with van der Waals surface area (Å²) in [5.74, 6) is -1.01. The lowest BCUT2D eigenvalue weighted by atomic mass is 9.84. The van der Waals surface area contributed by atoms with Gasteiger partial charge in [-0.3, -0.25) is 14.6 Å². The van der Waals surface area contributed by atoms with E-state index in [1.165, 1.54) is 0 Å². The summed E-state index contributed by atoms with van der Waals surface area (Å²) in [4.78, 5) is 36.4. The first-order chi connectivity index (χ1) is 7.27. The summed E-state index contributed by atoms with van der Waals surface area (Å²) in [6, 6.07) is 0. The molecule has 0 saturated carbocycles. The number of rotatable bonds is 0. The first-order valence-corrected chi connectivity index (χ1v) is 4.91. The summed E-state index contributed by atoms with van der Waals surface area (Å²) in [5.41, 5.74) is 2.16. The Balaban J connectivity index is 2.07. The summed E-state index contributed by atoms with van der Waals surface area (Å²) >= 11 is 0. The molecule has 0 radical (unpaired) electrons. The number of carbonyl (C=O) groups excluding carboxylic acids is 2. The number of amides is 1. The van der Waals surface area contributed by atoms with Crippen LogP contribution in [0.3, 0.4) is 0 Å². The van der Waals surface area contributed by atoms with Crippen molar-refractivity contribution in [2.75, 3.05) is 6.54 Å². The van der Waals surface area contributed by atoms with Crippen molar-refractivity contribution in [3.63, 3.8) is 0 Å². The van der Waals surface area contributed by atoms with E-state index in [2.05, 4.69) is 15.5 Å². The first kappa shape index (κ1) is 8.58. The summed E-state index contributed by atoms with van der Waals surface area (Å²) in [7, 11) is 0. The zero-order valence-electron chi connectivity index (χ0n) is 7.90. The van der Waals surface area contributed by atoms with Crippen LogP contribution in [-0.4, -0.2) is 30.0 Å². The van der Waals surface area contributed by atoms with Gasteiger partial charge >= 0.3 is 0 Å². The maximum Gasteiger partial charge on any atom is 0.272 e. The van der Waals surface area contributed by atoms with Crippen LogP contribution < -0.4 is 5.48 Å². The van der Waals surface area contributed by atoms with Gasteiger partial charge in [0.15, 0.2) is 11.7 Å². The van der Waals surface area contributed by atoms with E-state index in [0.717, 1.165) is 12.8 Å². The fourth-order valence-electron chi connectivity index (χ4n) is 2.10. The molecule has 0 aliphatic carbocycles. The Kier molecular flexibility index (Phi) is 1.65. The third kappa shape index (κ3) is 1.10. The van der Waals surface area contributed by atoms with Gasteiger partial charge in [-0.1, -0.05) is 0 Å². The molecule has 0 aromatic heterocycles. The van der Waals surface area contributed by atoms with Crippen molar-refractivity contribution in [3.05, 3.63) is 0 Å². The predicted octanol–water partition coefficient (Wildman–Crippen LogP) is -0.546. The molecule has 3 aliphatic rings. The molecule has 1 fully saturated rings. The number of nitrogens with zero attached hydrogens (tertiary/aromatic N) is 2. The molecule has 3 rings (SSSR count). The molecule has 1 N–H and O–H groups in total. The van der Waals surface area contributed by atoms with Gasteiger partial charge in [-0.2, -0.15) is 10.5 Å².